The van der Waals surface area contributed by atoms with Crippen LogP contribution in [0.1, 0.15) is 11.1 Å². The molecule has 0 aliphatic heterocycles. The van der Waals surface area contributed by atoms with E-state index < -0.39 is 0 Å². The topological polar surface area (TPSA) is 82.8 Å². The smallest absolute Gasteiger partial charge is 0.287 e. The monoisotopic (exact) mass is 210 g/mol. The van der Waals surface area contributed by atoms with Crippen LogP contribution in [0, 0.1) is 29.1 Å². The normalized spacial score (nSPS) is 9.12. The van der Waals surface area contributed by atoms with Gasteiger partial charge in [0.15, 0.2) is 6.26 Å². The van der Waals surface area contributed by atoms with Crippen molar-refractivity contribution in [3.05, 3.63) is 42.0 Å². The largest absolute Gasteiger partial charge is 0.437 e. The Labute approximate surface area is 91.1 Å². The third-order valence-electron chi connectivity index (χ3n) is 1.82. The van der Waals surface area contributed by atoms with E-state index in [1.165, 1.54) is 18.4 Å². The lowest BCUT2D eigenvalue weighted by molar-refractivity contribution is 0.457. The maximum absolute atomic E-state index is 8.80. The second-order valence-electron chi connectivity index (χ2n) is 2.81. The molecular weight excluding hydrogens is 206 g/mol. The van der Waals surface area contributed by atoms with Crippen LogP contribution in [0.3, 0.4) is 0 Å². The van der Waals surface area contributed by atoms with Crippen molar-refractivity contribution in [2.45, 2.75) is 0 Å². The molecule has 2 rings (SSSR count). The number of nitrogens with zero attached hydrogens (tertiary/aromatic N) is 3. The summed E-state index contributed by atoms with van der Waals surface area (Å²) in [5, 5.41) is 17.5. The van der Waals surface area contributed by atoms with Gasteiger partial charge in [-0.1, -0.05) is 0 Å². The Kier molecular flexibility index (Phi) is 2.53. The van der Waals surface area contributed by atoms with Crippen molar-refractivity contribution in [3.63, 3.8) is 0 Å². The average Bonchev–Trinajstić information content (AvgIpc) is 2.81. The van der Waals surface area contributed by atoms with Gasteiger partial charge in [0, 0.05) is 0 Å². The Morgan fingerprint density at radius 2 is 2.06 bits per heavy atom. The van der Waals surface area contributed by atoms with Gasteiger partial charge >= 0.3 is 0 Å². The quantitative estimate of drug-likeness (QED) is 0.756. The second-order valence-corrected chi connectivity index (χ2v) is 2.81. The third kappa shape index (κ3) is 1.84. The molecule has 1 aromatic heterocycles. The van der Waals surface area contributed by atoms with E-state index in [-0.39, 0.29) is 11.4 Å². The fraction of sp³-hybridized carbons (Fsp3) is 0. The first-order valence-electron chi connectivity index (χ1n) is 4.27. The first-order valence-corrected chi connectivity index (χ1v) is 4.27. The van der Waals surface area contributed by atoms with Crippen LogP contribution in [0.25, 0.3) is 0 Å². The van der Waals surface area contributed by atoms with Gasteiger partial charge in [-0.2, -0.15) is 15.5 Å². The Balaban J connectivity index is 2.31. The molecule has 0 bridgehead atoms. The van der Waals surface area contributed by atoms with Crippen LogP contribution in [0.2, 0.25) is 0 Å². The SMILES string of the molecule is N#Cc1ccc(Oc2co[c]n2)cc1C#N. The Morgan fingerprint density at radius 3 is 2.69 bits per heavy atom. The summed E-state index contributed by atoms with van der Waals surface area (Å²) in [5.74, 6) is 0.659. The minimum Gasteiger partial charge on any atom is -0.437 e. The maximum atomic E-state index is 8.80. The number of rotatable bonds is 2. The van der Waals surface area contributed by atoms with E-state index in [4.69, 9.17) is 15.3 Å². The van der Waals surface area contributed by atoms with Gasteiger partial charge in [0.1, 0.15) is 17.9 Å². The minimum absolute atomic E-state index is 0.244. The Morgan fingerprint density at radius 1 is 1.25 bits per heavy atom. The molecule has 0 N–H and O–H groups in total. The van der Waals surface area contributed by atoms with E-state index in [2.05, 4.69) is 15.8 Å². The molecule has 16 heavy (non-hydrogen) atoms. The van der Waals surface area contributed by atoms with Gasteiger partial charge in [-0.15, -0.1) is 0 Å². The molecular formula is C11H4N3O2. The van der Waals surface area contributed by atoms with Gasteiger partial charge in [0.2, 0.25) is 0 Å². The molecule has 0 aliphatic carbocycles. The molecule has 0 fully saturated rings. The van der Waals surface area contributed by atoms with Crippen LogP contribution in [-0.2, 0) is 0 Å². The highest BCUT2D eigenvalue weighted by Crippen LogP contribution is 2.21. The molecule has 1 radical (unpaired) electrons. The molecule has 0 atom stereocenters. The molecule has 0 amide bonds. The van der Waals surface area contributed by atoms with Crippen molar-refractivity contribution in [2.24, 2.45) is 0 Å². The van der Waals surface area contributed by atoms with E-state index in [1.54, 1.807) is 6.07 Å². The Bertz CT molecular complexity index is 576. The molecule has 5 heteroatoms. The van der Waals surface area contributed by atoms with Crippen molar-refractivity contribution in [2.75, 3.05) is 0 Å². The highest BCUT2D eigenvalue weighted by Gasteiger charge is 2.05. The zero-order valence-corrected chi connectivity index (χ0v) is 7.97. The van der Waals surface area contributed by atoms with Crippen molar-refractivity contribution in [3.8, 4) is 23.8 Å². The standard InChI is InChI=1S/C11H4N3O2/c12-4-8-1-2-10(3-9(8)5-13)16-11-6-15-7-14-11/h1-3,6H. The van der Waals surface area contributed by atoms with Crippen LogP contribution in [-0.4, -0.2) is 4.98 Å². The summed E-state index contributed by atoms with van der Waals surface area (Å²) in [6, 6.07) is 8.38. The minimum atomic E-state index is 0.244. The van der Waals surface area contributed by atoms with E-state index >= 15 is 0 Å². The van der Waals surface area contributed by atoms with Crippen molar-refractivity contribution < 1.29 is 9.15 Å². The predicted octanol–water partition coefficient (Wildman–Crippen LogP) is 2.01. The second kappa shape index (κ2) is 4.16. The van der Waals surface area contributed by atoms with Crippen molar-refractivity contribution >= 4 is 0 Å². The van der Waals surface area contributed by atoms with Gasteiger partial charge in [-0.3, -0.25) is 0 Å². The summed E-state index contributed by atoms with van der Waals surface area (Å²) in [5.41, 5.74) is 0.564. The average molecular weight is 210 g/mol. The number of hydrogen-bond donors (Lipinski definition) is 0. The molecule has 0 saturated carbocycles. The molecule has 0 unspecified atom stereocenters. The lowest BCUT2D eigenvalue weighted by Gasteiger charge is -2.01. The molecule has 5 nitrogen and oxygen atoms in total. The molecule has 75 valence electrons. The molecule has 1 heterocycles. The third-order valence-corrected chi connectivity index (χ3v) is 1.82. The predicted molar refractivity (Wildman–Crippen MR) is 51.3 cm³/mol. The molecule has 0 saturated heterocycles. The number of nitriles is 2. The van der Waals surface area contributed by atoms with Crippen LogP contribution in [0.5, 0.6) is 11.6 Å². The molecule has 1 aromatic carbocycles. The van der Waals surface area contributed by atoms with Gasteiger partial charge in [0.05, 0.1) is 11.1 Å². The van der Waals surface area contributed by atoms with Crippen LogP contribution < -0.4 is 4.74 Å². The van der Waals surface area contributed by atoms with Crippen molar-refractivity contribution in [1.82, 2.24) is 4.98 Å². The van der Waals surface area contributed by atoms with Crippen LogP contribution in [0.15, 0.2) is 28.9 Å². The van der Waals surface area contributed by atoms with Crippen LogP contribution in [0.4, 0.5) is 0 Å². The fourth-order valence-electron chi connectivity index (χ4n) is 1.12. The zero-order chi connectivity index (χ0) is 11.4. The zero-order valence-electron chi connectivity index (χ0n) is 7.97. The summed E-state index contributed by atoms with van der Waals surface area (Å²) in [4.78, 5) is 3.65. The maximum Gasteiger partial charge on any atom is 0.287 e. The fourth-order valence-corrected chi connectivity index (χ4v) is 1.12. The van der Waals surface area contributed by atoms with E-state index in [9.17, 15) is 0 Å². The molecule has 0 aliphatic rings. The molecule has 2 aromatic rings. The Hall–Kier alpha value is -2.79. The summed E-state index contributed by atoms with van der Waals surface area (Å²) >= 11 is 0. The van der Waals surface area contributed by atoms with Gasteiger partial charge < -0.3 is 9.15 Å². The summed E-state index contributed by atoms with van der Waals surface area (Å²) in [7, 11) is 0. The van der Waals surface area contributed by atoms with Gasteiger partial charge in [-0.25, -0.2) is 0 Å². The van der Waals surface area contributed by atoms with E-state index in [0.29, 0.717) is 11.3 Å². The summed E-state index contributed by atoms with van der Waals surface area (Å²) < 4.78 is 9.87. The first kappa shape index (κ1) is 9.75. The van der Waals surface area contributed by atoms with E-state index in [1.807, 2.05) is 12.1 Å². The molecule has 0 spiro atoms. The number of benzene rings is 1. The highest BCUT2D eigenvalue weighted by atomic mass is 16.5. The number of oxazole rings is 1. The summed E-state index contributed by atoms with van der Waals surface area (Å²) in [6.07, 6.45) is 3.52. The van der Waals surface area contributed by atoms with E-state index in [0.717, 1.165) is 0 Å². The lowest BCUT2D eigenvalue weighted by atomic mass is 10.1. The highest BCUT2D eigenvalue weighted by molar-refractivity contribution is 5.49. The number of hydrogen-bond acceptors (Lipinski definition) is 5. The van der Waals surface area contributed by atoms with Gasteiger partial charge in [0.25, 0.3) is 12.3 Å². The number of ether oxygens (including phenoxy) is 1. The van der Waals surface area contributed by atoms with Crippen LogP contribution >= 0.6 is 0 Å². The number of aromatic nitrogens is 1. The summed E-state index contributed by atoms with van der Waals surface area (Å²) in [6.45, 7) is 0. The lowest BCUT2D eigenvalue weighted by Crippen LogP contribution is -1.88. The van der Waals surface area contributed by atoms with Crippen molar-refractivity contribution in [1.29, 1.82) is 10.5 Å². The van der Waals surface area contributed by atoms with Gasteiger partial charge in [-0.05, 0) is 18.2 Å². The first-order chi connectivity index (χ1) is 7.83.